The van der Waals surface area contributed by atoms with Crippen molar-refractivity contribution >= 4 is 17.6 Å². The van der Waals surface area contributed by atoms with E-state index in [-0.39, 0.29) is 6.04 Å². The van der Waals surface area contributed by atoms with Gasteiger partial charge < -0.3 is 19.3 Å². The number of ether oxygens (including phenoxy) is 3. The second kappa shape index (κ2) is 9.37. The fourth-order valence-corrected chi connectivity index (χ4v) is 4.13. The molecular formula is C22H26ClNO5. The second-order valence-electron chi connectivity index (χ2n) is 6.86. The normalized spacial score (nSPS) is 17.7. The Kier molecular flexibility index (Phi) is 6.87. The third-order valence-electron chi connectivity index (χ3n) is 5.21. The number of carboxylic acid groups (broad SMARTS) is 1. The average Bonchev–Trinajstić information content (AvgIpc) is 3.20. The molecule has 156 valence electrons. The van der Waals surface area contributed by atoms with Crippen molar-refractivity contribution in [3.8, 4) is 17.2 Å². The molecule has 0 spiro atoms. The van der Waals surface area contributed by atoms with E-state index in [0.717, 1.165) is 17.5 Å². The molecular weight excluding hydrogens is 394 g/mol. The Morgan fingerprint density at radius 2 is 1.97 bits per heavy atom. The average molecular weight is 420 g/mol. The van der Waals surface area contributed by atoms with Crippen LogP contribution in [-0.2, 0) is 4.79 Å². The highest BCUT2D eigenvalue weighted by Gasteiger charge is 2.39. The molecule has 2 atom stereocenters. The number of benzene rings is 2. The Morgan fingerprint density at radius 1 is 1.17 bits per heavy atom. The molecule has 1 aliphatic heterocycles. The topological polar surface area (TPSA) is 68.2 Å². The molecule has 1 heterocycles. The molecule has 0 aromatic heterocycles. The van der Waals surface area contributed by atoms with Gasteiger partial charge in [0, 0.05) is 28.8 Å². The van der Waals surface area contributed by atoms with Crippen LogP contribution in [0.4, 0.5) is 0 Å². The lowest BCUT2D eigenvalue weighted by atomic mass is 9.94. The van der Waals surface area contributed by atoms with Gasteiger partial charge >= 0.3 is 5.97 Å². The van der Waals surface area contributed by atoms with Crippen LogP contribution in [0, 0.1) is 0 Å². The van der Waals surface area contributed by atoms with Crippen LogP contribution in [0.3, 0.4) is 0 Å². The van der Waals surface area contributed by atoms with Gasteiger partial charge in [0.15, 0.2) is 0 Å². The van der Waals surface area contributed by atoms with Crippen molar-refractivity contribution in [1.82, 2.24) is 4.90 Å². The Bertz CT molecular complexity index is 872. The maximum atomic E-state index is 12.0. The summed E-state index contributed by atoms with van der Waals surface area (Å²) in [4.78, 5) is 13.9. The van der Waals surface area contributed by atoms with Crippen molar-refractivity contribution in [2.45, 2.75) is 31.8 Å². The number of likely N-dealkylation sites (tertiary alicyclic amines) is 1. The van der Waals surface area contributed by atoms with Crippen LogP contribution < -0.4 is 14.2 Å². The van der Waals surface area contributed by atoms with E-state index in [2.05, 4.69) is 0 Å². The first-order valence-electron chi connectivity index (χ1n) is 9.62. The van der Waals surface area contributed by atoms with Crippen molar-refractivity contribution in [2.24, 2.45) is 0 Å². The maximum absolute atomic E-state index is 12.0. The predicted octanol–water partition coefficient (Wildman–Crippen LogP) is 4.39. The minimum Gasteiger partial charge on any atom is -0.497 e. The number of nitrogens with zero attached hydrogens (tertiary/aromatic N) is 1. The first-order valence-corrected chi connectivity index (χ1v) is 10.0. The molecule has 0 saturated carbocycles. The lowest BCUT2D eigenvalue weighted by molar-refractivity contribution is -0.142. The van der Waals surface area contributed by atoms with Crippen molar-refractivity contribution in [2.75, 3.05) is 27.4 Å². The number of aliphatic carboxylic acids is 1. The zero-order valence-electron chi connectivity index (χ0n) is 16.9. The minimum absolute atomic E-state index is 0.389. The van der Waals surface area contributed by atoms with Gasteiger partial charge in [-0.25, -0.2) is 0 Å². The number of hydrogen-bond acceptors (Lipinski definition) is 5. The number of hydrogen-bond donors (Lipinski definition) is 1. The highest BCUT2D eigenvalue weighted by atomic mass is 35.5. The smallest absolute Gasteiger partial charge is 0.320 e. The Balaban J connectivity index is 2.21. The van der Waals surface area contributed by atoms with Crippen LogP contribution in [0.5, 0.6) is 17.2 Å². The standard InChI is InChI=1S/C22H26ClNO5/c1-4-29-19-10-7-14(23)12-17(19)21(24-11-5-6-18(24)22(25)26)16-9-8-15(27-2)13-20(16)28-3/h7-10,12-13,18,21H,4-6,11H2,1-3H3,(H,25,26). The van der Waals surface area contributed by atoms with E-state index in [1.54, 1.807) is 26.4 Å². The number of rotatable bonds is 8. The van der Waals surface area contributed by atoms with Gasteiger partial charge in [0.05, 0.1) is 26.9 Å². The van der Waals surface area contributed by atoms with Crippen LogP contribution in [0.15, 0.2) is 36.4 Å². The molecule has 2 aromatic carbocycles. The highest BCUT2D eigenvalue weighted by Crippen LogP contribution is 2.44. The van der Waals surface area contributed by atoms with Gasteiger partial charge in [-0.15, -0.1) is 0 Å². The molecule has 3 rings (SSSR count). The number of halogens is 1. The van der Waals surface area contributed by atoms with E-state index < -0.39 is 12.0 Å². The third-order valence-corrected chi connectivity index (χ3v) is 5.45. The summed E-state index contributed by atoms with van der Waals surface area (Å²) >= 11 is 6.33. The Labute approximate surface area is 175 Å². The van der Waals surface area contributed by atoms with Crippen molar-refractivity contribution in [3.63, 3.8) is 0 Å². The maximum Gasteiger partial charge on any atom is 0.320 e. The van der Waals surface area contributed by atoms with E-state index >= 15 is 0 Å². The number of methoxy groups -OCH3 is 2. The second-order valence-corrected chi connectivity index (χ2v) is 7.30. The molecule has 2 unspecified atom stereocenters. The summed E-state index contributed by atoms with van der Waals surface area (Å²) < 4.78 is 16.8. The summed E-state index contributed by atoms with van der Waals surface area (Å²) in [7, 11) is 3.19. The van der Waals surface area contributed by atoms with Crippen LogP contribution in [-0.4, -0.2) is 49.4 Å². The minimum atomic E-state index is -0.833. The van der Waals surface area contributed by atoms with Crippen LogP contribution in [0.1, 0.15) is 36.9 Å². The van der Waals surface area contributed by atoms with E-state index in [9.17, 15) is 9.90 Å². The summed E-state index contributed by atoms with van der Waals surface area (Å²) in [6.07, 6.45) is 1.39. The number of carboxylic acids is 1. The fraction of sp³-hybridized carbons (Fsp3) is 0.409. The largest absolute Gasteiger partial charge is 0.497 e. The molecule has 0 radical (unpaired) electrons. The summed E-state index contributed by atoms with van der Waals surface area (Å²) in [5, 5.41) is 10.4. The van der Waals surface area contributed by atoms with Crippen molar-refractivity contribution in [3.05, 3.63) is 52.5 Å². The van der Waals surface area contributed by atoms with Crippen LogP contribution >= 0.6 is 11.6 Å². The molecule has 1 saturated heterocycles. The summed E-state index contributed by atoms with van der Waals surface area (Å²) in [6, 6.07) is 10.0. The van der Waals surface area contributed by atoms with Gasteiger partial charge in [0.2, 0.25) is 0 Å². The Hall–Kier alpha value is -2.44. The van der Waals surface area contributed by atoms with Crippen molar-refractivity contribution < 1.29 is 24.1 Å². The molecule has 0 amide bonds. The first kappa shape index (κ1) is 21.3. The SMILES string of the molecule is CCOc1ccc(Cl)cc1C(c1ccc(OC)cc1OC)N1CCCC1C(=O)O. The van der Waals surface area contributed by atoms with Gasteiger partial charge in [0.25, 0.3) is 0 Å². The summed E-state index contributed by atoms with van der Waals surface area (Å²) in [5.74, 6) is 1.13. The fourth-order valence-electron chi connectivity index (χ4n) is 3.95. The predicted molar refractivity (Wildman–Crippen MR) is 111 cm³/mol. The lowest BCUT2D eigenvalue weighted by Crippen LogP contribution is -2.39. The van der Waals surface area contributed by atoms with E-state index in [1.807, 2.05) is 36.1 Å². The molecule has 1 fully saturated rings. The van der Waals surface area contributed by atoms with E-state index in [4.69, 9.17) is 25.8 Å². The zero-order valence-corrected chi connectivity index (χ0v) is 17.6. The summed E-state index contributed by atoms with van der Waals surface area (Å²) in [5.41, 5.74) is 1.65. The first-order chi connectivity index (χ1) is 14.0. The Morgan fingerprint density at radius 3 is 2.62 bits per heavy atom. The molecule has 29 heavy (non-hydrogen) atoms. The lowest BCUT2D eigenvalue weighted by Gasteiger charge is -2.33. The molecule has 0 bridgehead atoms. The molecule has 0 aliphatic carbocycles. The molecule has 2 aromatic rings. The van der Waals surface area contributed by atoms with Gasteiger partial charge in [-0.2, -0.15) is 0 Å². The van der Waals surface area contributed by atoms with Gasteiger partial charge in [0.1, 0.15) is 23.3 Å². The van der Waals surface area contributed by atoms with E-state index in [1.165, 1.54) is 0 Å². The molecule has 1 N–H and O–H groups in total. The quantitative estimate of drug-likeness (QED) is 0.684. The molecule has 7 heteroatoms. The monoisotopic (exact) mass is 419 g/mol. The third kappa shape index (κ3) is 4.43. The van der Waals surface area contributed by atoms with Crippen molar-refractivity contribution in [1.29, 1.82) is 0 Å². The molecule has 1 aliphatic rings. The summed E-state index contributed by atoms with van der Waals surface area (Å²) in [6.45, 7) is 3.05. The van der Waals surface area contributed by atoms with Crippen LogP contribution in [0.2, 0.25) is 5.02 Å². The number of carbonyl (C=O) groups is 1. The zero-order chi connectivity index (χ0) is 21.0. The van der Waals surface area contributed by atoms with Gasteiger partial charge in [-0.05, 0) is 50.1 Å². The molecule has 6 nitrogen and oxygen atoms in total. The van der Waals surface area contributed by atoms with E-state index in [0.29, 0.717) is 41.8 Å². The van der Waals surface area contributed by atoms with Crippen LogP contribution in [0.25, 0.3) is 0 Å². The van der Waals surface area contributed by atoms with Gasteiger partial charge in [-0.1, -0.05) is 11.6 Å². The van der Waals surface area contributed by atoms with Gasteiger partial charge in [-0.3, -0.25) is 9.69 Å². The highest BCUT2D eigenvalue weighted by molar-refractivity contribution is 6.30.